The fourth-order valence-electron chi connectivity index (χ4n) is 3.80. The van der Waals surface area contributed by atoms with Gasteiger partial charge in [-0.2, -0.15) is 23.6 Å². The number of likely N-dealkylation sites (N-methyl/N-ethyl adjacent to an activating group) is 1. The molecule has 1 aliphatic rings. The third kappa shape index (κ3) is 5.58. The molecule has 10 nitrogen and oxygen atoms in total. The Labute approximate surface area is 206 Å². The predicted octanol–water partition coefficient (Wildman–Crippen LogP) is 3.10. The average Bonchev–Trinajstić information content (AvgIpc) is 3.22. The smallest absolute Gasteiger partial charge is 0.247 e. The van der Waals surface area contributed by atoms with Gasteiger partial charge >= 0.3 is 0 Å². The van der Waals surface area contributed by atoms with E-state index in [1.165, 1.54) is 0 Å². The molecule has 0 saturated carbocycles. The molecule has 0 aliphatic carbocycles. The fourth-order valence-corrected chi connectivity index (χ4v) is 3.80. The number of pyridine rings is 1. The molecule has 182 valence electrons. The van der Waals surface area contributed by atoms with E-state index in [0.717, 1.165) is 22.6 Å². The molecular formula is C23H32N8O2S. The summed E-state index contributed by atoms with van der Waals surface area (Å²) < 4.78 is 7.45. The number of nitrogens with zero attached hydrogens (tertiary/aromatic N) is 6. The number of hydrogen-bond acceptors (Lipinski definition) is 8. The fraction of sp³-hybridized carbons (Fsp3) is 0.435. The van der Waals surface area contributed by atoms with Gasteiger partial charge in [0.25, 0.3) is 0 Å². The highest BCUT2D eigenvalue weighted by Gasteiger charge is 2.32. The Kier molecular flexibility index (Phi) is 7.98. The van der Waals surface area contributed by atoms with E-state index in [1.54, 1.807) is 6.20 Å². The van der Waals surface area contributed by atoms with Gasteiger partial charge in [0.05, 0.1) is 24.5 Å². The van der Waals surface area contributed by atoms with E-state index >= 15 is 0 Å². The summed E-state index contributed by atoms with van der Waals surface area (Å²) in [5.74, 6) is 1.84. The van der Waals surface area contributed by atoms with Crippen LogP contribution in [-0.2, 0) is 17.9 Å². The molecule has 1 atom stereocenters. The summed E-state index contributed by atoms with van der Waals surface area (Å²) in [6.45, 7) is 8.96. The van der Waals surface area contributed by atoms with Crippen LogP contribution in [-0.4, -0.2) is 49.8 Å². The minimum atomic E-state index is -0.238. The normalized spacial score (nSPS) is 14.9. The van der Waals surface area contributed by atoms with Gasteiger partial charge in [-0.15, -0.1) is 0 Å². The number of hydrogen-bond donors (Lipinski definition) is 2. The van der Waals surface area contributed by atoms with Gasteiger partial charge in [0.15, 0.2) is 5.82 Å². The van der Waals surface area contributed by atoms with E-state index in [0.29, 0.717) is 37.0 Å². The summed E-state index contributed by atoms with van der Waals surface area (Å²) in [5.41, 5.74) is 3.45. The number of carbonyl (C=O) groups excluding carboxylic acids is 1. The average molecular weight is 485 g/mol. The molecule has 4 rings (SSSR count). The van der Waals surface area contributed by atoms with Crippen molar-refractivity contribution in [2.45, 2.75) is 59.4 Å². The zero-order chi connectivity index (χ0) is 23.5. The van der Waals surface area contributed by atoms with Crippen LogP contribution in [0, 0.1) is 6.92 Å². The van der Waals surface area contributed by atoms with E-state index in [1.807, 2.05) is 68.9 Å². The van der Waals surface area contributed by atoms with E-state index in [9.17, 15) is 4.79 Å². The molecule has 0 radical (unpaired) electrons. The maximum Gasteiger partial charge on any atom is 0.247 e. The first kappa shape index (κ1) is 25.3. The van der Waals surface area contributed by atoms with Gasteiger partial charge in [0.1, 0.15) is 11.7 Å². The Balaban J connectivity index is 0.00000324. The van der Waals surface area contributed by atoms with Crippen molar-refractivity contribution in [3.8, 4) is 5.88 Å². The monoisotopic (exact) mass is 484 g/mol. The number of nitrogens with one attached hydrogen (secondary N) is 2. The van der Waals surface area contributed by atoms with Crippen LogP contribution in [0.4, 0.5) is 17.5 Å². The van der Waals surface area contributed by atoms with Crippen molar-refractivity contribution in [2.75, 3.05) is 22.6 Å². The standard InChI is InChI=1S/C23H30N8O2.H2S/c1-6-18-22(32)28-20-15(4)27-23(29-21(20)30(18)5)25-10-17-11-26-31(13-17)12-16-7-8-19(24-9-16)33-14(2)3;/h7-9,11,13-14,18H,6,10,12H2,1-5H3,(H,28,32)(H,25,27,29);1H2/t18-;/m0./s1. The van der Waals surface area contributed by atoms with Crippen LogP contribution < -0.4 is 20.3 Å². The quantitative estimate of drug-likeness (QED) is 0.502. The molecule has 0 bridgehead atoms. The van der Waals surface area contributed by atoms with Crippen molar-refractivity contribution in [1.82, 2.24) is 24.7 Å². The molecule has 2 N–H and O–H groups in total. The van der Waals surface area contributed by atoms with Gasteiger partial charge in [-0.3, -0.25) is 9.48 Å². The first-order valence-corrected chi connectivity index (χ1v) is 11.1. The predicted molar refractivity (Wildman–Crippen MR) is 137 cm³/mol. The van der Waals surface area contributed by atoms with Crippen molar-refractivity contribution in [3.63, 3.8) is 0 Å². The van der Waals surface area contributed by atoms with Gasteiger partial charge in [0, 0.05) is 37.6 Å². The lowest BCUT2D eigenvalue weighted by molar-refractivity contribution is -0.117. The number of anilines is 3. The zero-order valence-electron chi connectivity index (χ0n) is 20.2. The van der Waals surface area contributed by atoms with Crippen molar-refractivity contribution < 1.29 is 9.53 Å². The van der Waals surface area contributed by atoms with Gasteiger partial charge in [-0.05, 0) is 32.8 Å². The van der Waals surface area contributed by atoms with E-state index in [-0.39, 0.29) is 31.5 Å². The molecule has 34 heavy (non-hydrogen) atoms. The molecule has 0 fully saturated rings. The molecule has 0 unspecified atom stereocenters. The molecule has 3 aromatic heterocycles. The lowest BCUT2D eigenvalue weighted by Gasteiger charge is -2.34. The Hall–Kier alpha value is -3.34. The lowest BCUT2D eigenvalue weighted by atomic mass is 10.1. The zero-order valence-corrected chi connectivity index (χ0v) is 21.2. The molecule has 0 aromatic carbocycles. The first-order valence-electron chi connectivity index (χ1n) is 11.1. The largest absolute Gasteiger partial charge is 0.475 e. The maximum atomic E-state index is 12.3. The number of amides is 1. The van der Waals surface area contributed by atoms with E-state index < -0.39 is 0 Å². The third-order valence-corrected chi connectivity index (χ3v) is 5.45. The molecule has 0 spiro atoms. The van der Waals surface area contributed by atoms with Crippen molar-refractivity contribution in [2.24, 2.45) is 0 Å². The Morgan fingerprint density at radius 2 is 2.00 bits per heavy atom. The Bertz CT molecular complexity index is 1130. The highest BCUT2D eigenvalue weighted by molar-refractivity contribution is 7.59. The molecule has 1 aliphatic heterocycles. The van der Waals surface area contributed by atoms with Crippen LogP contribution in [0.2, 0.25) is 0 Å². The van der Waals surface area contributed by atoms with Gasteiger partial charge in [0.2, 0.25) is 17.7 Å². The number of aryl methyl sites for hydroxylation is 1. The molecule has 11 heteroatoms. The summed E-state index contributed by atoms with van der Waals surface area (Å²) in [5, 5.41) is 10.7. The molecule has 4 heterocycles. The molecule has 3 aromatic rings. The highest BCUT2D eigenvalue weighted by atomic mass is 32.1. The Morgan fingerprint density at radius 3 is 2.68 bits per heavy atom. The SMILES string of the molecule is CC[C@H]1C(=O)Nc2c(C)nc(NCc3cnn(Cc4ccc(OC(C)C)nc4)c3)nc2N1C.S. The summed E-state index contributed by atoms with van der Waals surface area (Å²) in [7, 11) is 1.89. The topological polar surface area (TPSA) is 110 Å². The van der Waals surface area contributed by atoms with Crippen LogP contribution in [0.25, 0.3) is 0 Å². The summed E-state index contributed by atoms with van der Waals surface area (Å²) in [6.07, 6.45) is 6.41. The van der Waals surface area contributed by atoms with Crippen LogP contribution in [0.15, 0.2) is 30.7 Å². The summed E-state index contributed by atoms with van der Waals surface area (Å²) in [6, 6.07) is 3.63. The van der Waals surface area contributed by atoms with Crippen molar-refractivity contribution in [3.05, 3.63) is 47.5 Å². The summed E-state index contributed by atoms with van der Waals surface area (Å²) in [4.78, 5) is 27.7. The maximum absolute atomic E-state index is 12.3. The highest BCUT2D eigenvalue weighted by Crippen LogP contribution is 2.33. The van der Waals surface area contributed by atoms with Crippen LogP contribution in [0.3, 0.4) is 0 Å². The van der Waals surface area contributed by atoms with Gasteiger partial charge < -0.3 is 20.3 Å². The number of fused-ring (bicyclic) bond motifs is 1. The van der Waals surface area contributed by atoms with Gasteiger partial charge in [-0.1, -0.05) is 13.0 Å². The third-order valence-electron chi connectivity index (χ3n) is 5.45. The number of aromatic nitrogens is 5. The number of ether oxygens (including phenoxy) is 1. The van der Waals surface area contributed by atoms with Gasteiger partial charge in [-0.25, -0.2) is 9.97 Å². The van der Waals surface area contributed by atoms with Crippen molar-refractivity contribution in [1.29, 1.82) is 0 Å². The summed E-state index contributed by atoms with van der Waals surface area (Å²) >= 11 is 0. The molecule has 0 saturated heterocycles. The minimum absolute atomic E-state index is 0. The van der Waals surface area contributed by atoms with Crippen LogP contribution in [0.1, 0.15) is 44.0 Å². The second-order valence-electron chi connectivity index (χ2n) is 8.43. The van der Waals surface area contributed by atoms with Crippen LogP contribution in [0.5, 0.6) is 5.88 Å². The number of carbonyl (C=O) groups is 1. The molecule has 1 amide bonds. The minimum Gasteiger partial charge on any atom is -0.475 e. The second-order valence-corrected chi connectivity index (χ2v) is 8.43. The Morgan fingerprint density at radius 1 is 1.21 bits per heavy atom. The number of rotatable bonds is 8. The second kappa shape index (κ2) is 10.7. The van der Waals surface area contributed by atoms with E-state index in [4.69, 9.17) is 4.74 Å². The first-order chi connectivity index (χ1) is 15.8. The van der Waals surface area contributed by atoms with Crippen molar-refractivity contribution >= 4 is 36.9 Å². The molecular weight excluding hydrogens is 452 g/mol. The van der Waals surface area contributed by atoms with E-state index in [2.05, 4.69) is 30.7 Å². The lowest BCUT2D eigenvalue weighted by Crippen LogP contribution is -2.46. The van der Waals surface area contributed by atoms with Crippen LogP contribution >= 0.6 is 13.5 Å².